The van der Waals surface area contributed by atoms with Gasteiger partial charge in [-0.15, -0.1) is 0 Å². The Balaban J connectivity index is 2.33. The fourth-order valence-electron chi connectivity index (χ4n) is 2.48. The second-order valence-corrected chi connectivity index (χ2v) is 7.23. The van der Waals surface area contributed by atoms with Crippen molar-refractivity contribution in [2.75, 3.05) is 13.7 Å². The number of methoxy groups -OCH3 is 1. The van der Waals surface area contributed by atoms with E-state index in [4.69, 9.17) is 16.3 Å². The van der Waals surface area contributed by atoms with E-state index in [-0.39, 0.29) is 17.5 Å². The zero-order valence-electron chi connectivity index (χ0n) is 16.5. The summed E-state index contributed by atoms with van der Waals surface area (Å²) in [5, 5.41) is 6.23. The molecule has 2 N–H and O–H groups in total. The third kappa shape index (κ3) is 5.86. The second kappa shape index (κ2) is 9.95. The fourth-order valence-corrected chi connectivity index (χ4v) is 2.60. The van der Waals surface area contributed by atoms with Gasteiger partial charge in [0.25, 0.3) is 11.8 Å². The first kappa shape index (κ1) is 21.5. The molecular weight excluding hydrogens is 376 g/mol. The predicted molar refractivity (Wildman–Crippen MR) is 112 cm³/mol. The van der Waals surface area contributed by atoms with Crippen LogP contribution in [0.2, 0.25) is 5.02 Å². The molecule has 0 bridgehead atoms. The predicted octanol–water partition coefficient (Wildman–Crippen LogP) is 4.28. The lowest BCUT2D eigenvalue weighted by atomic mass is 10.0. The SMILES string of the molecule is COc1ccc(C(=O)N/C(C(=O)NCC(C)C)=C(/C)c2ccc(Cl)cc2)cc1. The van der Waals surface area contributed by atoms with Crippen LogP contribution in [-0.4, -0.2) is 25.5 Å². The molecule has 0 aliphatic rings. The molecule has 0 aromatic heterocycles. The summed E-state index contributed by atoms with van der Waals surface area (Å²) in [6.45, 7) is 6.31. The first-order valence-electron chi connectivity index (χ1n) is 9.02. The van der Waals surface area contributed by atoms with Gasteiger partial charge in [-0.25, -0.2) is 0 Å². The van der Waals surface area contributed by atoms with E-state index < -0.39 is 0 Å². The molecule has 0 saturated heterocycles. The molecule has 0 aliphatic carbocycles. The van der Waals surface area contributed by atoms with Crippen LogP contribution in [-0.2, 0) is 4.79 Å². The normalized spacial score (nSPS) is 11.6. The van der Waals surface area contributed by atoms with Gasteiger partial charge in [0.05, 0.1) is 7.11 Å². The van der Waals surface area contributed by atoms with E-state index in [0.29, 0.717) is 34.4 Å². The van der Waals surface area contributed by atoms with E-state index in [1.807, 2.05) is 26.0 Å². The minimum absolute atomic E-state index is 0.212. The molecule has 0 unspecified atom stereocenters. The van der Waals surface area contributed by atoms with Crippen LogP contribution in [0.3, 0.4) is 0 Å². The molecule has 0 aliphatic heterocycles. The summed E-state index contributed by atoms with van der Waals surface area (Å²) in [4.78, 5) is 25.5. The Hall–Kier alpha value is -2.79. The van der Waals surface area contributed by atoms with Gasteiger partial charge in [-0.3, -0.25) is 9.59 Å². The van der Waals surface area contributed by atoms with Crippen LogP contribution in [0.4, 0.5) is 0 Å². The molecular formula is C22H25ClN2O3. The Morgan fingerprint density at radius 3 is 2.11 bits per heavy atom. The molecule has 28 heavy (non-hydrogen) atoms. The summed E-state index contributed by atoms with van der Waals surface area (Å²) < 4.78 is 5.11. The average Bonchev–Trinajstić information content (AvgIpc) is 2.70. The lowest BCUT2D eigenvalue weighted by Crippen LogP contribution is -2.37. The van der Waals surface area contributed by atoms with E-state index in [1.165, 1.54) is 0 Å². The monoisotopic (exact) mass is 400 g/mol. The van der Waals surface area contributed by atoms with E-state index >= 15 is 0 Å². The molecule has 2 rings (SSSR count). The molecule has 5 nitrogen and oxygen atoms in total. The Morgan fingerprint density at radius 2 is 1.57 bits per heavy atom. The van der Waals surface area contributed by atoms with Gasteiger partial charge in [-0.2, -0.15) is 0 Å². The van der Waals surface area contributed by atoms with Crippen molar-refractivity contribution in [2.45, 2.75) is 20.8 Å². The number of hydrogen-bond donors (Lipinski definition) is 2. The number of hydrogen-bond acceptors (Lipinski definition) is 3. The van der Waals surface area contributed by atoms with Gasteiger partial charge < -0.3 is 15.4 Å². The van der Waals surface area contributed by atoms with Crippen LogP contribution in [0.1, 0.15) is 36.7 Å². The Kier molecular flexibility index (Phi) is 7.64. The average molecular weight is 401 g/mol. The van der Waals surface area contributed by atoms with Crippen LogP contribution in [0, 0.1) is 5.92 Å². The van der Waals surface area contributed by atoms with Crippen LogP contribution in [0.5, 0.6) is 5.75 Å². The molecule has 6 heteroatoms. The van der Waals surface area contributed by atoms with Crippen LogP contribution in [0.15, 0.2) is 54.2 Å². The highest BCUT2D eigenvalue weighted by Gasteiger charge is 2.18. The van der Waals surface area contributed by atoms with Gasteiger partial charge in [0.15, 0.2) is 0 Å². The number of nitrogens with one attached hydrogen (secondary N) is 2. The molecule has 0 fully saturated rings. The van der Waals surface area contributed by atoms with Crippen molar-refractivity contribution in [1.82, 2.24) is 10.6 Å². The Morgan fingerprint density at radius 1 is 1.00 bits per heavy atom. The summed E-state index contributed by atoms with van der Waals surface area (Å²) in [6.07, 6.45) is 0. The van der Waals surface area contributed by atoms with E-state index in [0.717, 1.165) is 5.56 Å². The van der Waals surface area contributed by atoms with Crippen LogP contribution < -0.4 is 15.4 Å². The third-order valence-corrected chi connectivity index (χ3v) is 4.39. The Bertz CT molecular complexity index is 856. The van der Waals surface area contributed by atoms with Crippen molar-refractivity contribution in [2.24, 2.45) is 5.92 Å². The maximum absolute atomic E-state index is 12.8. The highest BCUT2D eigenvalue weighted by molar-refractivity contribution is 6.30. The Labute approximate surface area is 170 Å². The van der Waals surface area contributed by atoms with E-state index in [2.05, 4.69) is 10.6 Å². The standard InChI is InChI=1S/C22H25ClN2O3/c1-14(2)13-24-22(27)20(15(3)16-5-9-18(23)10-6-16)25-21(26)17-7-11-19(28-4)12-8-17/h5-12,14H,13H2,1-4H3,(H,24,27)(H,25,26)/b20-15-. The van der Waals surface area contributed by atoms with Crippen molar-refractivity contribution in [3.8, 4) is 5.75 Å². The molecule has 0 radical (unpaired) electrons. The smallest absolute Gasteiger partial charge is 0.268 e. The fraction of sp³-hybridized carbons (Fsp3) is 0.273. The number of rotatable bonds is 7. The number of carbonyl (C=O) groups excluding carboxylic acids is 2. The molecule has 2 aromatic rings. The number of halogens is 1. The highest BCUT2D eigenvalue weighted by atomic mass is 35.5. The quantitative estimate of drug-likeness (QED) is 0.681. The molecule has 2 amide bonds. The lowest BCUT2D eigenvalue weighted by molar-refractivity contribution is -0.117. The summed E-state index contributed by atoms with van der Waals surface area (Å²) in [5.41, 5.74) is 2.09. The first-order valence-corrected chi connectivity index (χ1v) is 9.40. The number of benzene rings is 2. The van der Waals surface area contributed by atoms with Gasteiger partial charge >= 0.3 is 0 Å². The first-order chi connectivity index (χ1) is 13.3. The van der Waals surface area contributed by atoms with E-state index in [1.54, 1.807) is 50.4 Å². The molecule has 0 spiro atoms. The van der Waals surface area contributed by atoms with Crippen molar-refractivity contribution in [1.29, 1.82) is 0 Å². The summed E-state index contributed by atoms with van der Waals surface area (Å²) in [6, 6.07) is 13.8. The summed E-state index contributed by atoms with van der Waals surface area (Å²) >= 11 is 5.96. The molecule has 2 aromatic carbocycles. The zero-order valence-corrected chi connectivity index (χ0v) is 17.3. The number of carbonyl (C=O) groups is 2. The lowest BCUT2D eigenvalue weighted by Gasteiger charge is -2.16. The molecule has 0 atom stereocenters. The van der Waals surface area contributed by atoms with Gasteiger partial charge in [0, 0.05) is 17.1 Å². The third-order valence-electron chi connectivity index (χ3n) is 4.14. The van der Waals surface area contributed by atoms with Gasteiger partial charge in [-0.05, 0) is 60.4 Å². The highest BCUT2D eigenvalue weighted by Crippen LogP contribution is 2.20. The minimum Gasteiger partial charge on any atom is -0.497 e. The van der Waals surface area contributed by atoms with Crippen molar-refractivity contribution >= 4 is 29.0 Å². The van der Waals surface area contributed by atoms with Crippen LogP contribution in [0.25, 0.3) is 5.57 Å². The number of ether oxygens (including phenoxy) is 1. The van der Waals surface area contributed by atoms with Gasteiger partial charge in [-0.1, -0.05) is 37.6 Å². The minimum atomic E-state index is -0.370. The second-order valence-electron chi connectivity index (χ2n) is 6.79. The van der Waals surface area contributed by atoms with Crippen molar-refractivity contribution in [3.05, 3.63) is 70.4 Å². The maximum atomic E-state index is 12.8. The van der Waals surface area contributed by atoms with Gasteiger partial charge in [0.1, 0.15) is 11.4 Å². The summed E-state index contributed by atoms with van der Waals surface area (Å²) in [5.74, 6) is 0.242. The van der Waals surface area contributed by atoms with Crippen LogP contribution >= 0.6 is 11.6 Å². The largest absolute Gasteiger partial charge is 0.497 e. The summed E-state index contributed by atoms with van der Waals surface area (Å²) in [7, 11) is 1.56. The molecule has 148 valence electrons. The van der Waals surface area contributed by atoms with E-state index in [9.17, 15) is 9.59 Å². The number of allylic oxidation sites excluding steroid dienone is 1. The topological polar surface area (TPSA) is 67.4 Å². The molecule has 0 saturated carbocycles. The van der Waals surface area contributed by atoms with Crippen molar-refractivity contribution in [3.63, 3.8) is 0 Å². The van der Waals surface area contributed by atoms with Crippen molar-refractivity contribution < 1.29 is 14.3 Å². The maximum Gasteiger partial charge on any atom is 0.268 e. The number of amides is 2. The van der Waals surface area contributed by atoms with Gasteiger partial charge in [0.2, 0.25) is 0 Å². The molecule has 0 heterocycles. The zero-order chi connectivity index (χ0) is 20.7.